The normalized spacial score (nSPS) is 18.3. The van der Waals surface area contributed by atoms with Gasteiger partial charge in [0.05, 0.1) is 27.1 Å². The lowest BCUT2D eigenvalue weighted by Gasteiger charge is -2.30. The maximum absolute atomic E-state index is 13.0. The van der Waals surface area contributed by atoms with Crippen molar-refractivity contribution >= 4 is 33.2 Å². The Morgan fingerprint density at radius 1 is 1.14 bits per heavy atom. The highest BCUT2D eigenvalue weighted by atomic mass is 35.5. The standard InChI is InChI=1S/C17H15Cl2N5O3S/c18-13-4-3-12(8-14(13)19)28(25,26)24-7-1-2-11(10-24)16-22-23-17(27-16)15-9-20-5-6-21-15/h3-6,8-9,11H,1-2,7,10H2/t11-/m1/s1. The molecule has 146 valence electrons. The Bertz CT molecular complexity index is 1090. The summed E-state index contributed by atoms with van der Waals surface area (Å²) in [6, 6.07) is 4.29. The first-order valence-corrected chi connectivity index (χ1v) is 10.7. The summed E-state index contributed by atoms with van der Waals surface area (Å²) in [7, 11) is -3.71. The molecule has 3 heterocycles. The van der Waals surface area contributed by atoms with E-state index in [4.69, 9.17) is 27.6 Å². The largest absolute Gasteiger partial charge is 0.419 e. The van der Waals surface area contributed by atoms with Gasteiger partial charge in [0, 0.05) is 25.5 Å². The molecule has 11 heteroatoms. The molecular formula is C17H15Cl2N5O3S. The van der Waals surface area contributed by atoms with Gasteiger partial charge >= 0.3 is 0 Å². The van der Waals surface area contributed by atoms with Crippen molar-refractivity contribution in [2.75, 3.05) is 13.1 Å². The molecule has 1 aliphatic heterocycles. The van der Waals surface area contributed by atoms with E-state index >= 15 is 0 Å². The topological polar surface area (TPSA) is 102 Å². The molecule has 0 N–H and O–H groups in total. The van der Waals surface area contributed by atoms with Gasteiger partial charge in [-0.15, -0.1) is 10.2 Å². The number of nitrogens with zero attached hydrogens (tertiary/aromatic N) is 5. The average molecular weight is 440 g/mol. The summed E-state index contributed by atoms with van der Waals surface area (Å²) >= 11 is 11.9. The summed E-state index contributed by atoms with van der Waals surface area (Å²) in [4.78, 5) is 8.21. The molecule has 4 rings (SSSR count). The first-order valence-electron chi connectivity index (χ1n) is 8.50. The van der Waals surface area contributed by atoms with E-state index in [1.54, 1.807) is 6.20 Å². The number of halogens is 2. The van der Waals surface area contributed by atoms with E-state index in [1.807, 2.05) is 0 Å². The van der Waals surface area contributed by atoms with Crippen LogP contribution in [0.3, 0.4) is 0 Å². The first-order chi connectivity index (χ1) is 13.4. The fourth-order valence-electron chi connectivity index (χ4n) is 3.06. The molecule has 3 aromatic rings. The van der Waals surface area contributed by atoms with E-state index in [2.05, 4.69) is 20.2 Å². The van der Waals surface area contributed by atoms with Gasteiger partial charge in [0.2, 0.25) is 15.9 Å². The molecule has 8 nitrogen and oxygen atoms in total. The molecule has 28 heavy (non-hydrogen) atoms. The fraction of sp³-hybridized carbons (Fsp3) is 0.294. The number of hydrogen-bond acceptors (Lipinski definition) is 7. The van der Waals surface area contributed by atoms with Gasteiger partial charge in [-0.3, -0.25) is 4.98 Å². The Balaban J connectivity index is 1.56. The second kappa shape index (κ2) is 7.75. The number of aromatic nitrogens is 4. The minimum absolute atomic E-state index is 0.105. The molecule has 2 aromatic heterocycles. The first kappa shape index (κ1) is 19.3. The Labute approximate surface area is 171 Å². The van der Waals surface area contributed by atoms with Crippen LogP contribution >= 0.6 is 23.2 Å². The van der Waals surface area contributed by atoms with Crippen molar-refractivity contribution in [2.24, 2.45) is 0 Å². The molecule has 1 atom stereocenters. The Kier molecular flexibility index (Phi) is 5.33. The molecule has 0 aliphatic carbocycles. The van der Waals surface area contributed by atoms with Crippen LogP contribution in [0.2, 0.25) is 10.0 Å². The predicted octanol–water partition coefficient (Wildman–Crippen LogP) is 3.40. The molecule has 0 amide bonds. The maximum Gasteiger partial charge on any atom is 0.267 e. The van der Waals surface area contributed by atoms with E-state index in [0.29, 0.717) is 29.6 Å². The molecule has 1 saturated heterocycles. The molecule has 0 saturated carbocycles. The zero-order valence-electron chi connectivity index (χ0n) is 14.5. The number of rotatable bonds is 4. The third-order valence-corrected chi connectivity index (χ3v) is 7.09. The number of benzene rings is 1. The average Bonchev–Trinajstić information content (AvgIpc) is 3.21. The van der Waals surface area contributed by atoms with Crippen molar-refractivity contribution in [3.8, 4) is 11.6 Å². The minimum Gasteiger partial charge on any atom is -0.419 e. The smallest absolute Gasteiger partial charge is 0.267 e. The number of sulfonamides is 1. The van der Waals surface area contributed by atoms with Crippen LogP contribution in [-0.2, 0) is 10.0 Å². The SMILES string of the molecule is O=S(=O)(c1ccc(Cl)c(Cl)c1)N1CCC[C@@H](c2nnc(-c3cnccn3)o2)C1. The lowest BCUT2D eigenvalue weighted by atomic mass is 10.00. The third-order valence-electron chi connectivity index (χ3n) is 4.49. The van der Waals surface area contributed by atoms with Gasteiger partial charge in [0.25, 0.3) is 5.89 Å². The van der Waals surface area contributed by atoms with Crippen LogP contribution in [-0.4, -0.2) is 46.0 Å². The zero-order chi connectivity index (χ0) is 19.7. The highest BCUT2D eigenvalue weighted by molar-refractivity contribution is 7.89. The van der Waals surface area contributed by atoms with E-state index in [0.717, 1.165) is 6.42 Å². The summed E-state index contributed by atoms with van der Waals surface area (Å²) in [6.07, 6.45) is 6.03. The Hall–Kier alpha value is -2.07. The van der Waals surface area contributed by atoms with E-state index in [1.165, 1.54) is 34.9 Å². The van der Waals surface area contributed by atoms with Crippen molar-refractivity contribution in [3.63, 3.8) is 0 Å². The van der Waals surface area contributed by atoms with E-state index in [-0.39, 0.29) is 28.3 Å². The van der Waals surface area contributed by atoms with Crippen molar-refractivity contribution in [1.82, 2.24) is 24.5 Å². The molecule has 0 radical (unpaired) electrons. The summed E-state index contributed by atoms with van der Waals surface area (Å²) in [5.74, 6) is 0.437. The lowest BCUT2D eigenvalue weighted by Crippen LogP contribution is -2.39. The van der Waals surface area contributed by atoms with Gasteiger partial charge in [0.15, 0.2) is 0 Å². The number of piperidine rings is 1. The van der Waals surface area contributed by atoms with Gasteiger partial charge < -0.3 is 4.42 Å². The monoisotopic (exact) mass is 439 g/mol. The van der Waals surface area contributed by atoms with Crippen molar-refractivity contribution in [1.29, 1.82) is 0 Å². The van der Waals surface area contributed by atoms with Gasteiger partial charge in [0.1, 0.15) is 5.69 Å². The van der Waals surface area contributed by atoms with Crippen LogP contribution in [0.25, 0.3) is 11.6 Å². The summed E-state index contributed by atoms with van der Waals surface area (Å²) in [5.41, 5.74) is 0.470. The van der Waals surface area contributed by atoms with E-state index < -0.39 is 10.0 Å². The zero-order valence-corrected chi connectivity index (χ0v) is 16.8. The Morgan fingerprint density at radius 3 is 2.75 bits per heavy atom. The minimum atomic E-state index is -3.71. The highest BCUT2D eigenvalue weighted by Gasteiger charge is 2.33. The fourth-order valence-corrected chi connectivity index (χ4v) is 4.97. The molecule has 0 spiro atoms. The number of hydrogen-bond donors (Lipinski definition) is 0. The van der Waals surface area contributed by atoms with Gasteiger partial charge in [-0.05, 0) is 31.0 Å². The van der Waals surface area contributed by atoms with Crippen molar-refractivity contribution < 1.29 is 12.8 Å². The third kappa shape index (κ3) is 3.75. The Morgan fingerprint density at radius 2 is 2.00 bits per heavy atom. The molecule has 1 aliphatic rings. The van der Waals surface area contributed by atoms with Crippen LogP contribution in [0.5, 0.6) is 0 Å². The molecule has 1 aromatic carbocycles. The summed E-state index contributed by atoms with van der Waals surface area (Å²) in [5, 5.41) is 8.60. The summed E-state index contributed by atoms with van der Waals surface area (Å²) < 4.78 is 33.1. The lowest BCUT2D eigenvalue weighted by molar-refractivity contribution is 0.286. The van der Waals surface area contributed by atoms with Crippen LogP contribution in [0.4, 0.5) is 0 Å². The van der Waals surface area contributed by atoms with Gasteiger partial charge in [-0.2, -0.15) is 4.31 Å². The van der Waals surface area contributed by atoms with Crippen LogP contribution in [0.15, 0.2) is 46.1 Å². The maximum atomic E-state index is 13.0. The van der Waals surface area contributed by atoms with Gasteiger partial charge in [-0.1, -0.05) is 23.2 Å². The molecule has 0 unspecified atom stereocenters. The molecular weight excluding hydrogens is 425 g/mol. The van der Waals surface area contributed by atoms with Crippen molar-refractivity contribution in [2.45, 2.75) is 23.7 Å². The second-order valence-electron chi connectivity index (χ2n) is 6.31. The molecule has 1 fully saturated rings. The van der Waals surface area contributed by atoms with Crippen LogP contribution in [0, 0.1) is 0 Å². The highest BCUT2D eigenvalue weighted by Crippen LogP contribution is 2.32. The van der Waals surface area contributed by atoms with Crippen LogP contribution in [0.1, 0.15) is 24.7 Å². The van der Waals surface area contributed by atoms with Crippen molar-refractivity contribution in [3.05, 3.63) is 52.7 Å². The second-order valence-corrected chi connectivity index (χ2v) is 9.07. The van der Waals surface area contributed by atoms with Gasteiger partial charge in [-0.25, -0.2) is 13.4 Å². The quantitative estimate of drug-likeness (QED) is 0.613. The summed E-state index contributed by atoms with van der Waals surface area (Å²) in [6.45, 7) is 0.648. The van der Waals surface area contributed by atoms with Crippen LogP contribution < -0.4 is 0 Å². The molecule has 0 bridgehead atoms. The van der Waals surface area contributed by atoms with E-state index in [9.17, 15) is 8.42 Å². The predicted molar refractivity (Wildman–Crippen MR) is 103 cm³/mol.